The highest BCUT2D eigenvalue weighted by Gasteiger charge is 2.36. The molecule has 1 heterocycles. The largest absolute Gasteiger partial charge is 0.501 e. The second kappa shape index (κ2) is 5.83. The number of benzene rings is 1. The van der Waals surface area contributed by atoms with E-state index in [-0.39, 0.29) is 5.56 Å². The Bertz CT molecular complexity index is 510. The van der Waals surface area contributed by atoms with E-state index >= 15 is 0 Å². The molecule has 0 radical (unpaired) electrons. The van der Waals surface area contributed by atoms with Crippen molar-refractivity contribution in [3.05, 3.63) is 47.0 Å². The zero-order valence-electron chi connectivity index (χ0n) is 10.9. The molecular weight excluding hydrogens is 274 g/mol. The third-order valence-corrected chi connectivity index (χ3v) is 3.27. The van der Waals surface area contributed by atoms with Crippen LogP contribution in [-0.2, 0) is 10.9 Å². The van der Waals surface area contributed by atoms with E-state index in [2.05, 4.69) is 5.32 Å². The first-order valence-corrected chi connectivity index (χ1v) is 6.28. The minimum atomic E-state index is -4.70. The number of likely N-dealkylation sites (N-methyl/N-ethyl adjacent to an activating group) is 1. The lowest BCUT2D eigenvalue weighted by molar-refractivity contribution is -0.140. The Morgan fingerprint density at radius 3 is 2.60 bits per heavy atom. The summed E-state index contributed by atoms with van der Waals surface area (Å²) in [4.78, 5) is 0. The summed E-state index contributed by atoms with van der Waals surface area (Å²) < 4.78 is 57.5. The molecule has 110 valence electrons. The Morgan fingerprint density at radius 2 is 2.05 bits per heavy atom. The summed E-state index contributed by atoms with van der Waals surface area (Å²) in [6.45, 7) is 0.574. The lowest BCUT2D eigenvalue weighted by Gasteiger charge is -2.24. The molecule has 6 heteroatoms. The maximum Gasteiger partial charge on any atom is 0.419 e. The fraction of sp³-hybridized carbons (Fsp3) is 0.429. The molecule has 1 aliphatic heterocycles. The molecule has 2 rings (SSSR count). The van der Waals surface area contributed by atoms with Crippen LogP contribution in [0.15, 0.2) is 30.0 Å². The van der Waals surface area contributed by atoms with E-state index in [1.165, 1.54) is 18.4 Å². The summed E-state index contributed by atoms with van der Waals surface area (Å²) in [5.74, 6) is -1.23. The summed E-state index contributed by atoms with van der Waals surface area (Å²) in [5.41, 5.74) is -0.511. The number of rotatable bonds is 3. The SMILES string of the molecule is CNC(C1=COCCC1)c1cccc(C(F)(F)F)c1F. The fourth-order valence-corrected chi connectivity index (χ4v) is 2.33. The molecule has 0 bridgehead atoms. The molecule has 0 saturated heterocycles. The third-order valence-electron chi connectivity index (χ3n) is 3.27. The van der Waals surface area contributed by atoms with Crippen molar-refractivity contribution in [1.82, 2.24) is 5.32 Å². The molecule has 20 heavy (non-hydrogen) atoms. The number of alkyl halides is 3. The van der Waals surface area contributed by atoms with Gasteiger partial charge in [-0.3, -0.25) is 0 Å². The van der Waals surface area contributed by atoms with Gasteiger partial charge in [0, 0.05) is 5.56 Å². The van der Waals surface area contributed by atoms with Crippen LogP contribution in [0, 0.1) is 5.82 Å². The van der Waals surface area contributed by atoms with Gasteiger partial charge in [-0.1, -0.05) is 12.1 Å². The van der Waals surface area contributed by atoms with Crippen molar-refractivity contribution in [3.8, 4) is 0 Å². The van der Waals surface area contributed by atoms with Crippen molar-refractivity contribution >= 4 is 0 Å². The summed E-state index contributed by atoms with van der Waals surface area (Å²) in [6.07, 6.45) is -1.76. The van der Waals surface area contributed by atoms with Crippen LogP contribution in [0.1, 0.15) is 30.0 Å². The second-order valence-electron chi connectivity index (χ2n) is 4.60. The lowest BCUT2D eigenvalue weighted by atomic mass is 9.93. The van der Waals surface area contributed by atoms with E-state index in [0.717, 1.165) is 18.1 Å². The Balaban J connectivity index is 2.42. The number of halogens is 4. The predicted octanol–water partition coefficient (Wildman–Crippen LogP) is 3.80. The highest BCUT2D eigenvalue weighted by molar-refractivity contribution is 5.35. The van der Waals surface area contributed by atoms with E-state index in [4.69, 9.17) is 4.74 Å². The molecule has 0 spiro atoms. The van der Waals surface area contributed by atoms with Gasteiger partial charge in [0.1, 0.15) is 5.82 Å². The Labute approximate surface area is 114 Å². The Morgan fingerprint density at radius 1 is 1.30 bits per heavy atom. The van der Waals surface area contributed by atoms with Gasteiger partial charge in [0.15, 0.2) is 0 Å². The second-order valence-corrected chi connectivity index (χ2v) is 4.60. The van der Waals surface area contributed by atoms with Crippen molar-refractivity contribution in [3.63, 3.8) is 0 Å². The summed E-state index contributed by atoms with van der Waals surface area (Å²) >= 11 is 0. The van der Waals surface area contributed by atoms with Crippen molar-refractivity contribution in [2.24, 2.45) is 0 Å². The number of hydrogen-bond donors (Lipinski definition) is 1. The summed E-state index contributed by atoms with van der Waals surface area (Å²) in [6, 6.07) is 2.71. The van der Waals surface area contributed by atoms with Crippen molar-refractivity contribution in [2.75, 3.05) is 13.7 Å². The molecule has 0 fully saturated rings. The highest BCUT2D eigenvalue weighted by Crippen LogP contribution is 2.36. The minimum Gasteiger partial charge on any atom is -0.501 e. The molecule has 1 aromatic rings. The number of nitrogens with one attached hydrogen (secondary N) is 1. The predicted molar refractivity (Wildman–Crippen MR) is 66.5 cm³/mol. The summed E-state index contributed by atoms with van der Waals surface area (Å²) in [7, 11) is 1.58. The van der Waals surface area contributed by atoms with E-state index in [1.54, 1.807) is 7.05 Å². The van der Waals surface area contributed by atoms with Crippen molar-refractivity contribution in [2.45, 2.75) is 25.1 Å². The van der Waals surface area contributed by atoms with Crippen LogP contribution in [-0.4, -0.2) is 13.7 Å². The zero-order chi connectivity index (χ0) is 14.8. The van der Waals surface area contributed by atoms with Gasteiger partial charge in [0.25, 0.3) is 0 Å². The third kappa shape index (κ3) is 2.95. The topological polar surface area (TPSA) is 21.3 Å². The average Bonchev–Trinajstić information content (AvgIpc) is 2.41. The molecule has 0 aliphatic carbocycles. The first-order chi connectivity index (χ1) is 9.45. The summed E-state index contributed by atoms with van der Waals surface area (Å²) in [5, 5.41) is 2.85. The lowest BCUT2D eigenvalue weighted by Crippen LogP contribution is -2.23. The van der Waals surface area contributed by atoms with Gasteiger partial charge in [0.2, 0.25) is 0 Å². The average molecular weight is 289 g/mol. The van der Waals surface area contributed by atoms with Crippen LogP contribution in [0.2, 0.25) is 0 Å². The van der Waals surface area contributed by atoms with Crippen LogP contribution in [0.4, 0.5) is 17.6 Å². The molecule has 0 saturated carbocycles. The van der Waals surface area contributed by atoms with Gasteiger partial charge in [0.05, 0.1) is 24.5 Å². The van der Waals surface area contributed by atoms with Gasteiger partial charge < -0.3 is 10.1 Å². The van der Waals surface area contributed by atoms with Crippen LogP contribution in [0.3, 0.4) is 0 Å². The van der Waals surface area contributed by atoms with Gasteiger partial charge in [-0.2, -0.15) is 13.2 Å². The zero-order valence-corrected chi connectivity index (χ0v) is 10.9. The molecule has 2 nitrogen and oxygen atoms in total. The van der Waals surface area contributed by atoms with E-state index in [0.29, 0.717) is 13.0 Å². The van der Waals surface area contributed by atoms with Crippen LogP contribution < -0.4 is 5.32 Å². The minimum absolute atomic E-state index is 0.0147. The molecule has 1 aliphatic rings. The first-order valence-electron chi connectivity index (χ1n) is 6.28. The standard InChI is InChI=1S/C14H15F4NO/c1-19-13(9-4-3-7-20-8-9)10-5-2-6-11(12(10)15)14(16,17)18/h2,5-6,8,13,19H,3-4,7H2,1H3. The normalized spacial score (nSPS) is 17.4. The molecule has 1 unspecified atom stereocenters. The quantitative estimate of drug-likeness (QED) is 0.855. The van der Waals surface area contributed by atoms with Gasteiger partial charge in [-0.25, -0.2) is 4.39 Å². The van der Waals surface area contributed by atoms with Gasteiger partial charge in [-0.15, -0.1) is 0 Å². The Hall–Kier alpha value is -1.56. The Kier molecular flexibility index (Phi) is 4.32. The highest BCUT2D eigenvalue weighted by atomic mass is 19.4. The van der Waals surface area contributed by atoms with Gasteiger partial charge in [-0.05, 0) is 31.5 Å². The molecule has 1 N–H and O–H groups in total. The fourth-order valence-electron chi connectivity index (χ4n) is 2.33. The molecule has 1 aromatic carbocycles. The van der Waals surface area contributed by atoms with Crippen molar-refractivity contribution < 1.29 is 22.3 Å². The number of hydrogen-bond acceptors (Lipinski definition) is 2. The maximum atomic E-state index is 14.1. The van der Waals surface area contributed by atoms with E-state index in [1.807, 2.05) is 0 Å². The van der Waals surface area contributed by atoms with Gasteiger partial charge >= 0.3 is 6.18 Å². The first kappa shape index (κ1) is 14.8. The van der Waals surface area contributed by atoms with Crippen molar-refractivity contribution in [1.29, 1.82) is 0 Å². The van der Waals surface area contributed by atoms with E-state index in [9.17, 15) is 17.6 Å². The smallest absolute Gasteiger partial charge is 0.419 e. The van der Waals surface area contributed by atoms with Crippen LogP contribution in [0.25, 0.3) is 0 Å². The van der Waals surface area contributed by atoms with Crippen LogP contribution >= 0.6 is 0 Å². The molecular formula is C14H15F4NO. The molecule has 1 atom stereocenters. The monoisotopic (exact) mass is 289 g/mol. The molecule has 0 amide bonds. The number of ether oxygens (including phenoxy) is 1. The van der Waals surface area contributed by atoms with E-state index < -0.39 is 23.6 Å². The maximum absolute atomic E-state index is 14.1. The van der Waals surface area contributed by atoms with Crippen LogP contribution in [0.5, 0.6) is 0 Å². The molecule has 0 aromatic heterocycles.